The van der Waals surface area contributed by atoms with Crippen LogP contribution in [0.4, 0.5) is 0 Å². The summed E-state index contributed by atoms with van der Waals surface area (Å²) in [5.41, 5.74) is -0.454. The van der Waals surface area contributed by atoms with Crippen molar-refractivity contribution in [2.45, 2.75) is 55.6 Å². The summed E-state index contributed by atoms with van der Waals surface area (Å²) in [7, 11) is -3.25. The maximum absolute atomic E-state index is 12.0. The van der Waals surface area contributed by atoms with Crippen LogP contribution in [0.2, 0.25) is 0 Å². The highest BCUT2D eigenvalue weighted by atomic mass is 79.9. The zero-order chi connectivity index (χ0) is 13.3. The Morgan fingerprint density at radius 1 is 1.41 bits per heavy atom. The van der Waals surface area contributed by atoms with E-state index < -0.39 is 20.6 Å². The number of hydrogen-bond donors (Lipinski definition) is 1. The second-order valence-corrected chi connectivity index (χ2v) is 8.85. The van der Waals surface area contributed by atoms with Gasteiger partial charge in [-0.05, 0) is 26.7 Å². The number of halogens is 1. The molecule has 0 radical (unpaired) electrons. The number of nitrogens with one attached hydrogen (secondary N) is 1. The van der Waals surface area contributed by atoms with Gasteiger partial charge < -0.3 is 5.32 Å². The molecule has 0 aromatic rings. The molecule has 1 heterocycles. The van der Waals surface area contributed by atoms with Crippen LogP contribution in [-0.4, -0.2) is 35.7 Å². The van der Waals surface area contributed by atoms with Crippen molar-refractivity contribution in [1.82, 2.24) is 5.32 Å². The van der Waals surface area contributed by atoms with Crippen LogP contribution in [0.5, 0.6) is 0 Å². The van der Waals surface area contributed by atoms with Gasteiger partial charge in [-0.1, -0.05) is 29.3 Å². The predicted octanol–water partition coefficient (Wildman–Crippen LogP) is 1.63. The van der Waals surface area contributed by atoms with Crippen molar-refractivity contribution in [2.75, 3.05) is 5.75 Å². The van der Waals surface area contributed by atoms with Crippen LogP contribution in [0, 0.1) is 0 Å². The number of alkyl halides is 1. The number of hydrogen-bond acceptors (Lipinski definition) is 3. The zero-order valence-corrected chi connectivity index (χ0v) is 12.9. The predicted molar refractivity (Wildman–Crippen MR) is 72.0 cm³/mol. The van der Waals surface area contributed by atoms with E-state index in [2.05, 4.69) is 21.2 Å². The van der Waals surface area contributed by atoms with Crippen LogP contribution in [0.25, 0.3) is 0 Å². The highest BCUT2D eigenvalue weighted by Crippen LogP contribution is 2.22. The van der Waals surface area contributed by atoms with Crippen molar-refractivity contribution in [1.29, 1.82) is 0 Å². The van der Waals surface area contributed by atoms with Gasteiger partial charge in [0, 0.05) is 10.4 Å². The summed E-state index contributed by atoms with van der Waals surface area (Å²) in [6, 6.07) is 0. The minimum atomic E-state index is -3.25. The number of rotatable bonds is 3. The summed E-state index contributed by atoms with van der Waals surface area (Å²) in [6.07, 6.45) is 1.92. The molecule has 0 spiro atoms. The molecule has 1 aliphatic heterocycles. The highest BCUT2D eigenvalue weighted by Gasteiger charge is 2.37. The van der Waals surface area contributed by atoms with Gasteiger partial charge in [0.25, 0.3) is 0 Å². The third kappa shape index (κ3) is 3.68. The van der Waals surface area contributed by atoms with Crippen LogP contribution < -0.4 is 5.32 Å². The SMILES string of the molecule is CC(Br)C(C)(C)NC(=O)C1CCCCS1(=O)=O. The van der Waals surface area contributed by atoms with Gasteiger partial charge in [0.15, 0.2) is 9.84 Å². The highest BCUT2D eigenvalue weighted by molar-refractivity contribution is 9.09. The van der Waals surface area contributed by atoms with Gasteiger partial charge in [0.05, 0.1) is 5.75 Å². The Hall–Kier alpha value is -0.100. The molecule has 1 N–H and O–H groups in total. The van der Waals surface area contributed by atoms with Crippen molar-refractivity contribution >= 4 is 31.7 Å². The van der Waals surface area contributed by atoms with Gasteiger partial charge in [0.2, 0.25) is 5.91 Å². The summed E-state index contributed by atoms with van der Waals surface area (Å²) < 4.78 is 23.6. The van der Waals surface area contributed by atoms with E-state index in [1.165, 1.54) is 0 Å². The Labute approximate surface area is 112 Å². The van der Waals surface area contributed by atoms with E-state index in [1.807, 2.05) is 20.8 Å². The quantitative estimate of drug-likeness (QED) is 0.802. The first-order chi connectivity index (χ1) is 7.67. The third-order valence-corrected chi connectivity index (χ3v) is 6.63. The van der Waals surface area contributed by atoms with Gasteiger partial charge >= 0.3 is 0 Å². The summed E-state index contributed by atoms with van der Waals surface area (Å²) in [4.78, 5) is 12.1. The average Bonchev–Trinajstić information content (AvgIpc) is 2.15. The van der Waals surface area contributed by atoms with E-state index in [1.54, 1.807) is 0 Å². The molecule has 1 fully saturated rings. The molecular weight excluding hydrogens is 306 g/mol. The Morgan fingerprint density at radius 2 is 2.00 bits per heavy atom. The van der Waals surface area contributed by atoms with Gasteiger partial charge in [-0.2, -0.15) is 0 Å². The Kier molecular flexibility index (Phi) is 4.63. The van der Waals surface area contributed by atoms with E-state index >= 15 is 0 Å². The standard InChI is InChI=1S/C11H20BrNO3S/c1-8(12)11(2,3)13-10(14)9-6-4-5-7-17(9,15)16/h8-9H,4-7H2,1-3H3,(H,13,14). The van der Waals surface area contributed by atoms with E-state index in [4.69, 9.17) is 0 Å². The molecule has 0 aromatic carbocycles. The number of sulfone groups is 1. The van der Waals surface area contributed by atoms with E-state index in [9.17, 15) is 13.2 Å². The molecule has 2 atom stereocenters. The van der Waals surface area contributed by atoms with Crippen LogP contribution in [0.1, 0.15) is 40.0 Å². The maximum atomic E-state index is 12.0. The van der Waals surface area contributed by atoms with Gasteiger partial charge in [-0.25, -0.2) is 8.42 Å². The lowest BCUT2D eigenvalue weighted by atomic mass is 10.0. The summed E-state index contributed by atoms with van der Waals surface area (Å²) in [5.74, 6) is -0.226. The van der Waals surface area contributed by atoms with Crippen molar-refractivity contribution < 1.29 is 13.2 Å². The minimum Gasteiger partial charge on any atom is -0.349 e. The molecule has 0 aliphatic carbocycles. The van der Waals surface area contributed by atoms with Crippen LogP contribution >= 0.6 is 15.9 Å². The monoisotopic (exact) mass is 325 g/mol. The first kappa shape index (κ1) is 15.0. The molecule has 1 amide bonds. The Bertz CT molecular complexity index is 390. The molecular formula is C11H20BrNO3S. The molecule has 0 bridgehead atoms. The van der Waals surface area contributed by atoms with Gasteiger partial charge in [-0.3, -0.25) is 4.79 Å². The van der Waals surface area contributed by atoms with Gasteiger partial charge in [0.1, 0.15) is 5.25 Å². The molecule has 1 aliphatic rings. The molecule has 4 nitrogen and oxygen atoms in total. The average molecular weight is 326 g/mol. The second-order valence-electron chi connectivity index (χ2n) is 5.18. The van der Waals surface area contributed by atoms with E-state index in [0.29, 0.717) is 12.8 Å². The fourth-order valence-electron chi connectivity index (χ4n) is 1.75. The molecule has 1 saturated heterocycles. The molecule has 17 heavy (non-hydrogen) atoms. The minimum absolute atomic E-state index is 0.0743. The lowest BCUT2D eigenvalue weighted by Gasteiger charge is -2.32. The number of amides is 1. The molecule has 2 unspecified atom stereocenters. The summed E-state index contributed by atoms with van der Waals surface area (Å²) in [6.45, 7) is 5.68. The zero-order valence-electron chi connectivity index (χ0n) is 10.5. The molecule has 0 saturated carbocycles. The van der Waals surface area contributed by atoms with Crippen LogP contribution in [-0.2, 0) is 14.6 Å². The fraction of sp³-hybridized carbons (Fsp3) is 0.909. The summed E-state index contributed by atoms with van der Waals surface area (Å²) in [5, 5.41) is 1.96. The Balaban J connectivity index is 2.77. The van der Waals surface area contributed by atoms with Crippen LogP contribution in [0.3, 0.4) is 0 Å². The Morgan fingerprint density at radius 3 is 2.47 bits per heavy atom. The van der Waals surface area contributed by atoms with Gasteiger partial charge in [-0.15, -0.1) is 0 Å². The fourth-order valence-corrected chi connectivity index (χ4v) is 3.66. The van der Waals surface area contributed by atoms with Crippen LogP contribution in [0.15, 0.2) is 0 Å². The van der Waals surface area contributed by atoms with Crippen molar-refractivity contribution in [3.05, 3.63) is 0 Å². The second kappa shape index (κ2) is 5.26. The smallest absolute Gasteiger partial charge is 0.238 e. The normalized spacial score (nSPS) is 26.2. The first-order valence-electron chi connectivity index (χ1n) is 5.84. The molecule has 1 rings (SSSR count). The first-order valence-corrected chi connectivity index (χ1v) is 8.47. The maximum Gasteiger partial charge on any atom is 0.238 e. The molecule has 6 heteroatoms. The lowest BCUT2D eigenvalue weighted by molar-refractivity contribution is -0.122. The van der Waals surface area contributed by atoms with Crippen molar-refractivity contribution in [3.63, 3.8) is 0 Å². The number of carbonyl (C=O) groups excluding carboxylic acids is 1. The van der Waals surface area contributed by atoms with Crippen molar-refractivity contribution in [3.8, 4) is 0 Å². The third-order valence-electron chi connectivity index (χ3n) is 3.31. The lowest BCUT2D eigenvalue weighted by Crippen LogP contribution is -2.54. The topological polar surface area (TPSA) is 63.2 Å². The summed E-state index contributed by atoms with van der Waals surface area (Å²) >= 11 is 3.41. The molecule has 0 aromatic heterocycles. The van der Waals surface area contributed by atoms with E-state index in [-0.39, 0.29) is 16.5 Å². The number of carbonyl (C=O) groups is 1. The van der Waals surface area contributed by atoms with Crippen molar-refractivity contribution in [2.24, 2.45) is 0 Å². The largest absolute Gasteiger partial charge is 0.349 e. The molecule has 100 valence electrons. The van der Waals surface area contributed by atoms with E-state index in [0.717, 1.165) is 6.42 Å².